The zero-order valence-corrected chi connectivity index (χ0v) is 12.1. The van der Waals surface area contributed by atoms with E-state index in [1.165, 1.54) is 30.3 Å². The number of phenols is 1. The first-order chi connectivity index (χ1) is 10.9. The van der Waals surface area contributed by atoms with Crippen molar-refractivity contribution >= 4 is 17.5 Å². The Morgan fingerprint density at radius 3 is 2.43 bits per heavy atom. The first kappa shape index (κ1) is 15.0. The number of anilines is 1. The molecule has 0 spiro atoms. The number of hydrogen-bond donors (Lipinski definition) is 3. The van der Waals surface area contributed by atoms with E-state index in [4.69, 9.17) is 5.73 Å². The molecule has 3 rings (SSSR count). The number of benzene rings is 2. The van der Waals surface area contributed by atoms with Gasteiger partial charge in [-0.25, -0.2) is 4.39 Å². The van der Waals surface area contributed by atoms with E-state index in [1.807, 2.05) is 0 Å². The molecule has 0 aliphatic heterocycles. The Morgan fingerprint density at radius 1 is 1.17 bits per heavy atom. The minimum Gasteiger partial charge on any atom is -0.508 e. The van der Waals surface area contributed by atoms with E-state index in [1.54, 1.807) is 18.2 Å². The van der Waals surface area contributed by atoms with Crippen molar-refractivity contribution < 1.29 is 19.1 Å². The summed E-state index contributed by atoms with van der Waals surface area (Å²) in [4.78, 5) is 24.4. The fraction of sp³-hybridized carbons (Fsp3) is 0.176. The Bertz CT molecular complexity index is 776. The zero-order chi connectivity index (χ0) is 16.6. The molecule has 2 atom stereocenters. The van der Waals surface area contributed by atoms with Gasteiger partial charge in [-0.2, -0.15) is 0 Å². The van der Waals surface area contributed by atoms with Gasteiger partial charge in [-0.3, -0.25) is 9.59 Å². The van der Waals surface area contributed by atoms with Crippen molar-refractivity contribution in [2.24, 2.45) is 11.1 Å². The first-order valence-electron chi connectivity index (χ1n) is 7.10. The quantitative estimate of drug-likeness (QED) is 0.596. The molecule has 2 unspecified atom stereocenters. The number of phenolic OH excluding ortho intramolecular Hbond substituents is 1. The normalized spacial score (nSPS) is 22.4. The van der Waals surface area contributed by atoms with E-state index >= 15 is 0 Å². The Balaban J connectivity index is 1.86. The number of amides is 2. The maximum Gasteiger partial charge on any atom is 0.240 e. The van der Waals surface area contributed by atoms with Gasteiger partial charge in [0.2, 0.25) is 11.8 Å². The molecule has 118 valence electrons. The number of primary amides is 1. The SMILES string of the molecule is NC(=O)C1(C(=O)Nc2ccc(O)cc2)CC1c1ccccc1F. The number of nitrogens with two attached hydrogens (primary N) is 1. The van der Waals surface area contributed by atoms with Gasteiger partial charge in [0.05, 0.1) is 0 Å². The maximum absolute atomic E-state index is 13.9. The van der Waals surface area contributed by atoms with Gasteiger partial charge in [-0.15, -0.1) is 0 Å². The van der Waals surface area contributed by atoms with Gasteiger partial charge >= 0.3 is 0 Å². The van der Waals surface area contributed by atoms with Crippen LogP contribution >= 0.6 is 0 Å². The van der Waals surface area contributed by atoms with Gasteiger partial charge in [0.25, 0.3) is 0 Å². The van der Waals surface area contributed by atoms with Crippen LogP contribution in [-0.2, 0) is 9.59 Å². The average Bonchev–Trinajstić information content (AvgIpc) is 3.27. The maximum atomic E-state index is 13.9. The van der Waals surface area contributed by atoms with Crippen LogP contribution in [0.25, 0.3) is 0 Å². The van der Waals surface area contributed by atoms with Gasteiger partial charge in [-0.05, 0) is 42.3 Å². The Labute approximate surface area is 131 Å². The lowest BCUT2D eigenvalue weighted by atomic mass is 9.96. The summed E-state index contributed by atoms with van der Waals surface area (Å²) in [6.07, 6.45) is 0.174. The number of carbonyl (C=O) groups is 2. The molecule has 1 saturated carbocycles. The summed E-state index contributed by atoms with van der Waals surface area (Å²) in [5, 5.41) is 11.8. The second-order valence-electron chi connectivity index (χ2n) is 5.61. The second-order valence-corrected chi connectivity index (χ2v) is 5.61. The number of hydrogen-bond acceptors (Lipinski definition) is 3. The van der Waals surface area contributed by atoms with Crippen molar-refractivity contribution in [3.63, 3.8) is 0 Å². The van der Waals surface area contributed by atoms with Crippen LogP contribution in [0.4, 0.5) is 10.1 Å². The smallest absolute Gasteiger partial charge is 0.240 e. The molecule has 0 radical (unpaired) electrons. The fourth-order valence-electron chi connectivity index (χ4n) is 2.82. The van der Waals surface area contributed by atoms with E-state index in [0.717, 1.165) is 0 Å². The van der Waals surface area contributed by atoms with E-state index in [9.17, 15) is 19.1 Å². The highest BCUT2D eigenvalue weighted by molar-refractivity contribution is 6.14. The predicted octanol–water partition coefficient (Wildman–Crippen LogP) is 2.13. The third kappa shape index (κ3) is 2.52. The molecule has 2 aromatic carbocycles. The minimum atomic E-state index is -1.44. The van der Waals surface area contributed by atoms with Gasteiger partial charge in [-0.1, -0.05) is 18.2 Å². The van der Waals surface area contributed by atoms with Crippen molar-refractivity contribution in [2.45, 2.75) is 12.3 Å². The molecule has 2 amide bonds. The van der Waals surface area contributed by atoms with E-state index in [-0.39, 0.29) is 12.2 Å². The molecule has 0 aromatic heterocycles. The molecule has 23 heavy (non-hydrogen) atoms. The number of aromatic hydroxyl groups is 1. The highest BCUT2D eigenvalue weighted by Gasteiger charge is 2.65. The van der Waals surface area contributed by atoms with E-state index < -0.39 is 29.0 Å². The Hall–Kier alpha value is -2.89. The van der Waals surface area contributed by atoms with Gasteiger partial charge in [0.15, 0.2) is 0 Å². The molecule has 0 heterocycles. The molecule has 1 aliphatic carbocycles. The largest absolute Gasteiger partial charge is 0.508 e. The van der Waals surface area contributed by atoms with Crippen molar-refractivity contribution in [3.8, 4) is 5.75 Å². The summed E-state index contributed by atoms with van der Waals surface area (Å²) < 4.78 is 13.9. The molecule has 6 heteroatoms. The average molecular weight is 314 g/mol. The third-order valence-corrected chi connectivity index (χ3v) is 4.21. The Kier molecular flexibility index (Phi) is 3.52. The summed E-state index contributed by atoms with van der Waals surface area (Å²) >= 11 is 0. The van der Waals surface area contributed by atoms with E-state index in [0.29, 0.717) is 11.3 Å². The van der Waals surface area contributed by atoms with Crippen LogP contribution in [0.2, 0.25) is 0 Å². The van der Waals surface area contributed by atoms with Gasteiger partial charge < -0.3 is 16.2 Å². The summed E-state index contributed by atoms with van der Waals surface area (Å²) in [6, 6.07) is 11.9. The zero-order valence-electron chi connectivity index (χ0n) is 12.1. The summed E-state index contributed by atoms with van der Waals surface area (Å²) in [5.74, 6) is -2.31. The van der Waals surface area contributed by atoms with Crippen LogP contribution in [0.3, 0.4) is 0 Å². The summed E-state index contributed by atoms with van der Waals surface area (Å²) in [5.41, 5.74) is 4.72. The molecule has 1 aliphatic rings. The topological polar surface area (TPSA) is 92.4 Å². The summed E-state index contributed by atoms with van der Waals surface area (Å²) in [7, 11) is 0. The number of rotatable bonds is 4. The molecular weight excluding hydrogens is 299 g/mol. The van der Waals surface area contributed by atoms with Crippen molar-refractivity contribution in [1.82, 2.24) is 0 Å². The van der Waals surface area contributed by atoms with Crippen LogP contribution in [-0.4, -0.2) is 16.9 Å². The van der Waals surface area contributed by atoms with E-state index in [2.05, 4.69) is 5.32 Å². The monoisotopic (exact) mass is 314 g/mol. The lowest BCUT2D eigenvalue weighted by Crippen LogP contribution is -2.37. The number of carbonyl (C=O) groups excluding carboxylic acids is 2. The predicted molar refractivity (Wildman–Crippen MR) is 82.1 cm³/mol. The van der Waals surface area contributed by atoms with Crippen LogP contribution in [0.5, 0.6) is 5.75 Å². The van der Waals surface area contributed by atoms with Crippen molar-refractivity contribution in [3.05, 3.63) is 59.9 Å². The highest BCUT2D eigenvalue weighted by atomic mass is 19.1. The molecule has 5 nitrogen and oxygen atoms in total. The molecule has 0 saturated heterocycles. The molecular formula is C17H15FN2O3. The highest BCUT2D eigenvalue weighted by Crippen LogP contribution is 2.60. The van der Waals surface area contributed by atoms with Crippen LogP contribution < -0.4 is 11.1 Å². The van der Waals surface area contributed by atoms with Crippen molar-refractivity contribution in [2.75, 3.05) is 5.32 Å². The molecule has 0 bridgehead atoms. The van der Waals surface area contributed by atoms with Crippen molar-refractivity contribution in [1.29, 1.82) is 0 Å². The second kappa shape index (κ2) is 5.39. The van der Waals surface area contributed by atoms with Crippen LogP contribution in [0, 0.1) is 11.2 Å². The fourth-order valence-corrected chi connectivity index (χ4v) is 2.82. The molecule has 1 fully saturated rings. The standard InChI is InChI=1S/C17H15FN2O3/c18-14-4-2-1-3-12(14)13-9-17(13,15(19)22)16(23)20-10-5-7-11(21)8-6-10/h1-8,13,21H,9H2,(H2,19,22)(H,20,23). The minimum absolute atomic E-state index is 0.0586. The van der Waals surface area contributed by atoms with Crippen LogP contribution in [0.1, 0.15) is 17.9 Å². The molecule has 4 N–H and O–H groups in total. The lowest BCUT2D eigenvalue weighted by molar-refractivity contribution is -0.132. The van der Waals surface area contributed by atoms with Gasteiger partial charge in [0, 0.05) is 11.6 Å². The number of nitrogens with one attached hydrogen (secondary N) is 1. The van der Waals surface area contributed by atoms with Crippen LogP contribution in [0.15, 0.2) is 48.5 Å². The molecule has 2 aromatic rings. The number of halogens is 1. The first-order valence-corrected chi connectivity index (χ1v) is 7.10. The third-order valence-electron chi connectivity index (χ3n) is 4.21. The summed E-state index contributed by atoms with van der Waals surface area (Å²) in [6.45, 7) is 0. The lowest BCUT2D eigenvalue weighted by Gasteiger charge is -2.14. The Morgan fingerprint density at radius 2 is 1.83 bits per heavy atom. The van der Waals surface area contributed by atoms with Gasteiger partial charge in [0.1, 0.15) is 17.0 Å².